The molecular weight excluding hydrogens is 188 g/mol. The highest BCUT2D eigenvalue weighted by Crippen LogP contribution is 2.40. The quantitative estimate of drug-likeness (QED) is 0.654. The summed E-state index contributed by atoms with van der Waals surface area (Å²) in [6, 6.07) is 0. The van der Waals surface area contributed by atoms with Crippen molar-refractivity contribution in [1.29, 1.82) is 0 Å². The molecule has 0 radical (unpaired) electrons. The topological polar surface area (TPSA) is 26.3 Å². The van der Waals surface area contributed by atoms with Crippen molar-refractivity contribution in [2.75, 3.05) is 0 Å². The second kappa shape index (κ2) is 4.15. The van der Waals surface area contributed by atoms with Crippen LogP contribution in [0, 0.1) is 11.3 Å². The van der Waals surface area contributed by atoms with E-state index in [0.29, 0.717) is 5.92 Å². The standard InChI is InChI=1S/C13H24O2/c1-10(2)13(8-6-7-9-13)15-11(14)12(3,4)5/h10H,6-9H2,1-5H3. The first-order valence-electron chi connectivity index (χ1n) is 6.01. The summed E-state index contributed by atoms with van der Waals surface area (Å²) in [5.74, 6) is 0.365. The molecule has 2 heteroatoms. The van der Waals surface area contributed by atoms with Crippen molar-refractivity contribution < 1.29 is 9.53 Å². The first kappa shape index (κ1) is 12.5. The van der Waals surface area contributed by atoms with Crippen molar-refractivity contribution in [3.63, 3.8) is 0 Å². The molecule has 0 aliphatic heterocycles. The summed E-state index contributed by atoms with van der Waals surface area (Å²) in [5.41, 5.74) is -0.561. The Balaban J connectivity index is 2.72. The fourth-order valence-electron chi connectivity index (χ4n) is 2.11. The molecular formula is C13H24O2. The van der Waals surface area contributed by atoms with E-state index in [9.17, 15) is 4.79 Å². The van der Waals surface area contributed by atoms with Crippen molar-refractivity contribution in [3.8, 4) is 0 Å². The van der Waals surface area contributed by atoms with Crippen molar-refractivity contribution in [1.82, 2.24) is 0 Å². The summed E-state index contributed by atoms with van der Waals surface area (Å²) in [4.78, 5) is 11.9. The summed E-state index contributed by atoms with van der Waals surface area (Å²) < 4.78 is 5.79. The maximum Gasteiger partial charge on any atom is 0.311 e. The maximum atomic E-state index is 11.9. The minimum absolute atomic E-state index is 0.0573. The molecule has 0 bridgehead atoms. The van der Waals surface area contributed by atoms with E-state index in [1.165, 1.54) is 12.8 Å². The normalized spacial score (nSPS) is 20.7. The zero-order valence-electron chi connectivity index (χ0n) is 10.7. The van der Waals surface area contributed by atoms with Crippen LogP contribution in [0.25, 0.3) is 0 Å². The van der Waals surface area contributed by atoms with Gasteiger partial charge in [0.1, 0.15) is 5.60 Å². The van der Waals surface area contributed by atoms with Crippen LogP contribution in [0.15, 0.2) is 0 Å². The third-order valence-electron chi connectivity index (χ3n) is 3.41. The maximum absolute atomic E-state index is 11.9. The number of hydrogen-bond donors (Lipinski definition) is 0. The van der Waals surface area contributed by atoms with E-state index < -0.39 is 0 Å². The molecule has 1 saturated carbocycles. The summed E-state index contributed by atoms with van der Waals surface area (Å²) in [7, 11) is 0. The molecule has 0 spiro atoms. The highest BCUT2D eigenvalue weighted by molar-refractivity contribution is 5.75. The van der Waals surface area contributed by atoms with Gasteiger partial charge < -0.3 is 4.74 Å². The predicted octanol–water partition coefficient (Wildman–Crippen LogP) is 3.54. The molecule has 2 nitrogen and oxygen atoms in total. The molecule has 1 fully saturated rings. The van der Waals surface area contributed by atoms with Gasteiger partial charge >= 0.3 is 5.97 Å². The Labute approximate surface area is 93.4 Å². The van der Waals surface area contributed by atoms with E-state index >= 15 is 0 Å². The van der Waals surface area contributed by atoms with Crippen LogP contribution in [0.3, 0.4) is 0 Å². The number of esters is 1. The van der Waals surface area contributed by atoms with Gasteiger partial charge in [-0.15, -0.1) is 0 Å². The summed E-state index contributed by atoms with van der Waals surface area (Å²) >= 11 is 0. The van der Waals surface area contributed by atoms with Crippen LogP contribution in [0.4, 0.5) is 0 Å². The van der Waals surface area contributed by atoms with Gasteiger partial charge in [-0.3, -0.25) is 4.79 Å². The Kier molecular flexibility index (Phi) is 3.47. The lowest BCUT2D eigenvalue weighted by atomic mass is 9.87. The number of ether oxygens (including phenoxy) is 1. The van der Waals surface area contributed by atoms with Gasteiger partial charge in [-0.1, -0.05) is 13.8 Å². The number of rotatable bonds is 2. The molecule has 1 aliphatic carbocycles. The number of hydrogen-bond acceptors (Lipinski definition) is 2. The molecule has 0 saturated heterocycles. The molecule has 0 aromatic rings. The molecule has 0 aromatic heterocycles. The molecule has 0 aromatic carbocycles. The Bertz CT molecular complexity index is 229. The molecule has 0 atom stereocenters. The van der Waals surface area contributed by atoms with Gasteiger partial charge in [-0.05, 0) is 52.4 Å². The van der Waals surface area contributed by atoms with Gasteiger partial charge in [-0.25, -0.2) is 0 Å². The summed E-state index contributed by atoms with van der Waals surface area (Å²) in [6.45, 7) is 10.1. The van der Waals surface area contributed by atoms with Gasteiger partial charge in [-0.2, -0.15) is 0 Å². The molecule has 0 unspecified atom stereocenters. The first-order chi connectivity index (χ1) is 6.78. The van der Waals surface area contributed by atoms with Crippen LogP contribution < -0.4 is 0 Å². The molecule has 88 valence electrons. The van der Waals surface area contributed by atoms with E-state index in [4.69, 9.17) is 4.74 Å². The van der Waals surface area contributed by atoms with Gasteiger partial charge in [0.05, 0.1) is 5.41 Å². The average molecular weight is 212 g/mol. The predicted molar refractivity (Wildman–Crippen MR) is 61.6 cm³/mol. The number of carbonyl (C=O) groups excluding carboxylic acids is 1. The van der Waals surface area contributed by atoms with Crippen LogP contribution >= 0.6 is 0 Å². The van der Waals surface area contributed by atoms with Crippen molar-refractivity contribution in [3.05, 3.63) is 0 Å². The van der Waals surface area contributed by atoms with E-state index in [1.54, 1.807) is 0 Å². The van der Waals surface area contributed by atoms with Crippen LogP contribution in [0.5, 0.6) is 0 Å². The van der Waals surface area contributed by atoms with Gasteiger partial charge in [0.25, 0.3) is 0 Å². The van der Waals surface area contributed by atoms with Gasteiger partial charge in [0.2, 0.25) is 0 Å². The van der Waals surface area contributed by atoms with Crippen LogP contribution in [0.1, 0.15) is 60.3 Å². The Hall–Kier alpha value is -0.530. The fourth-order valence-corrected chi connectivity index (χ4v) is 2.11. The smallest absolute Gasteiger partial charge is 0.311 e. The third-order valence-corrected chi connectivity index (χ3v) is 3.41. The van der Waals surface area contributed by atoms with Crippen molar-refractivity contribution in [2.24, 2.45) is 11.3 Å². The van der Waals surface area contributed by atoms with Crippen molar-refractivity contribution >= 4 is 5.97 Å². The van der Waals surface area contributed by atoms with Gasteiger partial charge in [0, 0.05) is 0 Å². The summed E-state index contributed by atoms with van der Waals surface area (Å²) in [5, 5.41) is 0. The zero-order valence-corrected chi connectivity index (χ0v) is 10.7. The van der Waals surface area contributed by atoms with Crippen LogP contribution in [-0.4, -0.2) is 11.6 Å². The van der Waals surface area contributed by atoms with Crippen LogP contribution in [-0.2, 0) is 9.53 Å². The molecule has 0 amide bonds. The Morgan fingerprint density at radius 3 is 2.00 bits per heavy atom. The van der Waals surface area contributed by atoms with E-state index in [0.717, 1.165) is 12.8 Å². The monoisotopic (exact) mass is 212 g/mol. The lowest BCUT2D eigenvalue weighted by molar-refractivity contribution is -0.174. The summed E-state index contributed by atoms with van der Waals surface area (Å²) in [6.07, 6.45) is 4.45. The third kappa shape index (κ3) is 2.73. The highest BCUT2D eigenvalue weighted by Gasteiger charge is 2.42. The second-order valence-corrected chi connectivity index (χ2v) is 6.07. The molecule has 0 N–H and O–H groups in total. The molecule has 1 aliphatic rings. The molecule has 15 heavy (non-hydrogen) atoms. The lowest BCUT2D eigenvalue weighted by Gasteiger charge is -2.35. The van der Waals surface area contributed by atoms with Crippen molar-refractivity contribution in [2.45, 2.75) is 65.9 Å². The van der Waals surface area contributed by atoms with Gasteiger partial charge in [0.15, 0.2) is 0 Å². The lowest BCUT2D eigenvalue weighted by Crippen LogP contribution is -2.40. The molecule has 1 rings (SSSR count). The van der Waals surface area contributed by atoms with E-state index in [1.807, 2.05) is 20.8 Å². The SMILES string of the molecule is CC(C)C1(OC(=O)C(C)(C)C)CCCC1. The highest BCUT2D eigenvalue weighted by atomic mass is 16.6. The van der Waals surface area contributed by atoms with E-state index in [-0.39, 0.29) is 17.0 Å². The molecule has 0 heterocycles. The zero-order chi connectivity index (χ0) is 11.7. The van der Waals surface area contributed by atoms with Crippen LogP contribution in [0.2, 0.25) is 0 Å². The Morgan fingerprint density at radius 1 is 1.20 bits per heavy atom. The average Bonchev–Trinajstić information content (AvgIpc) is 2.52. The number of carbonyl (C=O) groups is 1. The second-order valence-electron chi connectivity index (χ2n) is 6.07. The minimum Gasteiger partial charge on any atom is -0.458 e. The minimum atomic E-state index is -0.384. The fraction of sp³-hybridized carbons (Fsp3) is 0.923. The largest absolute Gasteiger partial charge is 0.458 e. The Morgan fingerprint density at radius 2 is 1.67 bits per heavy atom. The van der Waals surface area contributed by atoms with E-state index in [2.05, 4.69) is 13.8 Å². The first-order valence-corrected chi connectivity index (χ1v) is 6.01.